The molecule has 1 aromatic rings. The van der Waals surface area contributed by atoms with Gasteiger partial charge in [-0.2, -0.15) is 0 Å². The van der Waals surface area contributed by atoms with E-state index in [1.54, 1.807) is 7.11 Å². The number of nitrogens with one attached hydrogen (secondary N) is 2. The largest absolute Gasteiger partial charge is 0.497 e. The zero-order chi connectivity index (χ0) is 22.8. The van der Waals surface area contributed by atoms with Crippen molar-refractivity contribution >= 4 is 15.9 Å². The van der Waals surface area contributed by atoms with Crippen LogP contribution in [0, 0.1) is 5.92 Å². The lowest BCUT2D eigenvalue weighted by Gasteiger charge is -2.26. The van der Waals surface area contributed by atoms with Crippen LogP contribution in [-0.2, 0) is 26.1 Å². The summed E-state index contributed by atoms with van der Waals surface area (Å²) in [6.45, 7) is 0.942. The highest BCUT2D eigenvalue weighted by molar-refractivity contribution is 7.90. The lowest BCUT2D eigenvalue weighted by molar-refractivity contribution is -0.124. The van der Waals surface area contributed by atoms with Gasteiger partial charge in [-0.05, 0) is 49.3 Å². The molecule has 180 valence electrons. The predicted molar refractivity (Wildman–Crippen MR) is 125 cm³/mol. The SMILES string of the molecule is COc1ccc(CNC(=O)C(COCC2CCCCC2)NS(=O)(=O)C2CCCCC2)cc1. The highest BCUT2D eigenvalue weighted by atomic mass is 32.2. The predicted octanol–water partition coefficient (Wildman–Crippen LogP) is 3.53. The molecule has 32 heavy (non-hydrogen) atoms. The third-order valence-corrected chi connectivity index (χ3v) is 8.56. The molecule has 3 rings (SSSR count). The van der Waals surface area contributed by atoms with Crippen molar-refractivity contribution in [3.05, 3.63) is 29.8 Å². The fourth-order valence-corrected chi connectivity index (χ4v) is 6.31. The van der Waals surface area contributed by atoms with Crippen LogP contribution in [0.5, 0.6) is 5.75 Å². The summed E-state index contributed by atoms with van der Waals surface area (Å²) in [4.78, 5) is 12.9. The van der Waals surface area contributed by atoms with E-state index in [9.17, 15) is 13.2 Å². The fourth-order valence-electron chi connectivity index (χ4n) is 4.60. The Morgan fingerprint density at radius 3 is 2.25 bits per heavy atom. The van der Waals surface area contributed by atoms with Crippen molar-refractivity contribution in [3.8, 4) is 5.75 Å². The van der Waals surface area contributed by atoms with Crippen molar-refractivity contribution in [2.45, 2.75) is 82.0 Å². The molecule has 2 aliphatic rings. The number of ether oxygens (including phenoxy) is 2. The monoisotopic (exact) mass is 466 g/mol. The van der Waals surface area contributed by atoms with E-state index in [1.807, 2.05) is 24.3 Å². The number of carbonyl (C=O) groups is 1. The van der Waals surface area contributed by atoms with Gasteiger partial charge in [0.2, 0.25) is 15.9 Å². The van der Waals surface area contributed by atoms with Crippen LogP contribution in [-0.4, -0.2) is 45.9 Å². The van der Waals surface area contributed by atoms with Crippen molar-refractivity contribution < 1.29 is 22.7 Å². The van der Waals surface area contributed by atoms with E-state index < -0.39 is 21.3 Å². The molecule has 2 saturated carbocycles. The van der Waals surface area contributed by atoms with Crippen molar-refractivity contribution in [1.29, 1.82) is 0 Å². The summed E-state index contributed by atoms with van der Waals surface area (Å²) in [5, 5.41) is 2.44. The first-order valence-corrected chi connectivity index (χ1v) is 13.5. The van der Waals surface area contributed by atoms with Gasteiger partial charge in [-0.15, -0.1) is 0 Å². The quantitative estimate of drug-likeness (QED) is 0.520. The number of rotatable bonds is 11. The summed E-state index contributed by atoms with van der Waals surface area (Å²) in [5.41, 5.74) is 0.913. The summed E-state index contributed by atoms with van der Waals surface area (Å²) in [6.07, 6.45) is 10.2. The number of hydrogen-bond acceptors (Lipinski definition) is 5. The van der Waals surface area contributed by atoms with E-state index in [4.69, 9.17) is 9.47 Å². The molecule has 1 unspecified atom stereocenters. The number of carbonyl (C=O) groups excluding carboxylic acids is 1. The number of methoxy groups -OCH3 is 1. The molecule has 8 heteroatoms. The summed E-state index contributed by atoms with van der Waals surface area (Å²) in [7, 11) is -1.98. The highest BCUT2D eigenvalue weighted by Crippen LogP contribution is 2.25. The van der Waals surface area contributed by atoms with Gasteiger partial charge in [0.15, 0.2) is 0 Å². The third kappa shape index (κ3) is 7.74. The van der Waals surface area contributed by atoms with Gasteiger partial charge in [0.05, 0.1) is 19.0 Å². The molecule has 2 aliphatic carbocycles. The molecule has 2 fully saturated rings. The Balaban J connectivity index is 1.58. The normalized spacial score (nSPS) is 19.4. The van der Waals surface area contributed by atoms with Crippen LogP contribution in [0.3, 0.4) is 0 Å². The van der Waals surface area contributed by atoms with Gasteiger partial charge in [-0.3, -0.25) is 4.79 Å². The molecular formula is C24H38N2O5S. The maximum absolute atomic E-state index is 12.9. The van der Waals surface area contributed by atoms with Crippen LogP contribution in [0.25, 0.3) is 0 Å². The first-order chi connectivity index (χ1) is 15.5. The molecule has 1 aromatic carbocycles. The highest BCUT2D eigenvalue weighted by Gasteiger charge is 2.32. The lowest BCUT2D eigenvalue weighted by atomic mass is 9.90. The van der Waals surface area contributed by atoms with Crippen molar-refractivity contribution in [2.75, 3.05) is 20.3 Å². The molecule has 1 atom stereocenters. The molecule has 0 spiro atoms. The van der Waals surface area contributed by atoms with Gasteiger partial charge in [-0.1, -0.05) is 50.7 Å². The minimum absolute atomic E-state index is 0.0525. The topological polar surface area (TPSA) is 93.7 Å². The average molecular weight is 467 g/mol. The Hall–Kier alpha value is -1.64. The van der Waals surface area contributed by atoms with E-state index in [-0.39, 0.29) is 12.5 Å². The molecule has 0 radical (unpaired) electrons. The smallest absolute Gasteiger partial charge is 0.240 e. The van der Waals surface area contributed by atoms with Gasteiger partial charge < -0.3 is 14.8 Å². The summed E-state index contributed by atoms with van der Waals surface area (Å²) >= 11 is 0. The number of amides is 1. The van der Waals surface area contributed by atoms with Gasteiger partial charge in [0.1, 0.15) is 11.8 Å². The maximum atomic E-state index is 12.9. The third-order valence-electron chi connectivity index (χ3n) is 6.60. The number of sulfonamides is 1. The molecule has 2 N–H and O–H groups in total. The second-order valence-corrected chi connectivity index (χ2v) is 11.1. The summed E-state index contributed by atoms with van der Waals surface area (Å²) < 4.78 is 39.6. The van der Waals surface area contributed by atoms with Crippen LogP contribution >= 0.6 is 0 Å². The Labute approximate surface area is 192 Å². The standard InChI is InChI=1S/C24H38N2O5S/c1-30-21-14-12-19(13-15-21)16-25-24(27)23(18-31-17-20-8-4-2-5-9-20)26-32(28,29)22-10-6-3-7-11-22/h12-15,20,22-23,26H,2-11,16-18H2,1H3,(H,25,27). The zero-order valence-electron chi connectivity index (χ0n) is 19.2. The van der Waals surface area contributed by atoms with Gasteiger partial charge >= 0.3 is 0 Å². The number of benzene rings is 1. The van der Waals surface area contributed by atoms with E-state index in [0.29, 0.717) is 31.9 Å². The minimum Gasteiger partial charge on any atom is -0.497 e. The van der Waals surface area contributed by atoms with E-state index in [1.165, 1.54) is 19.3 Å². The molecular weight excluding hydrogens is 428 g/mol. The van der Waals surface area contributed by atoms with Gasteiger partial charge in [0.25, 0.3) is 0 Å². The van der Waals surface area contributed by atoms with Crippen LogP contribution in [0.1, 0.15) is 69.8 Å². The molecule has 0 aromatic heterocycles. The summed E-state index contributed by atoms with van der Waals surface area (Å²) in [5.74, 6) is 0.889. The van der Waals surface area contributed by atoms with Gasteiger partial charge in [0, 0.05) is 13.2 Å². The molecule has 0 aliphatic heterocycles. The molecule has 0 saturated heterocycles. The number of hydrogen-bond donors (Lipinski definition) is 2. The van der Waals surface area contributed by atoms with E-state index in [2.05, 4.69) is 10.0 Å². The first kappa shape index (κ1) is 25.0. The Bertz CT molecular complexity index is 800. The second kappa shape index (κ2) is 12.6. The molecule has 7 nitrogen and oxygen atoms in total. The van der Waals surface area contributed by atoms with Crippen LogP contribution in [0.4, 0.5) is 0 Å². The minimum atomic E-state index is -3.58. The first-order valence-electron chi connectivity index (χ1n) is 12.0. The maximum Gasteiger partial charge on any atom is 0.240 e. The Morgan fingerprint density at radius 1 is 1.00 bits per heavy atom. The fraction of sp³-hybridized carbons (Fsp3) is 0.708. The second-order valence-electron chi connectivity index (χ2n) is 9.08. The summed E-state index contributed by atoms with van der Waals surface area (Å²) in [6, 6.07) is 6.49. The van der Waals surface area contributed by atoms with Crippen molar-refractivity contribution in [3.63, 3.8) is 0 Å². The van der Waals surface area contributed by atoms with Crippen LogP contribution in [0.15, 0.2) is 24.3 Å². The molecule has 0 heterocycles. The lowest BCUT2D eigenvalue weighted by Crippen LogP contribution is -2.51. The molecule has 1 amide bonds. The average Bonchev–Trinajstić information content (AvgIpc) is 2.83. The Kier molecular flexibility index (Phi) is 9.81. The van der Waals surface area contributed by atoms with E-state index in [0.717, 1.165) is 43.4 Å². The van der Waals surface area contributed by atoms with Crippen LogP contribution < -0.4 is 14.8 Å². The van der Waals surface area contributed by atoms with Crippen LogP contribution in [0.2, 0.25) is 0 Å². The Morgan fingerprint density at radius 2 is 1.62 bits per heavy atom. The molecule has 0 bridgehead atoms. The van der Waals surface area contributed by atoms with E-state index >= 15 is 0 Å². The van der Waals surface area contributed by atoms with Gasteiger partial charge in [-0.25, -0.2) is 13.1 Å². The zero-order valence-corrected chi connectivity index (χ0v) is 20.0. The van der Waals surface area contributed by atoms with Crippen molar-refractivity contribution in [1.82, 2.24) is 10.0 Å². The van der Waals surface area contributed by atoms with Crippen molar-refractivity contribution in [2.24, 2.45) is 5.92 Å².